The first-order chi connectivity index (χ1) is 32.1. The van der Waals surface area contributed by atoms with E-state index >= 15 is 0 Å². The van der Waals surface area contributed by atoms with E-state index in [0.29, 0.717) is 53.4 Å². The lowest BCUT2D eigenvalue weighted by atomic mass is 9.49. The van der Waals surface area contributed by atoms with Crippen molar-refractivity contribution >= 4 is 29.3 Å². The van der Waals surface area contributed by atoms with Gasteiger partial charge in [0.1, 0.15) is 24.0 Å². The minimum absolute atomic E-state index is 0.0320. The number of anilines is 1. The van der Waals surface area contributed by atoms with Crippen LogP contribution < -0.4 is 35.1 Å². The zero-order chi connectivity index (χ0) is 47.5. The number of imide groups is 1. The minimum Gasteiger partial charge on any atom is -0.490 e. The number of hydrogen-bond donors (Lipinski definition) is 3. The summed E-state index contributed by atoms with van der Waals surface area (Å²) >= 11 is 0. The van der Waals surface area contributed by atoms with Crippen LogP contribution in [0.3, 0.4) is 0 Å². The third kappa shape index (κ3) is 10.7. The first-order valence-corrected chi connectivity index (χ1v) is 24.3. The van der Waals surface area contributed by atoms with E-state index in [1.54, 1.807) is 18.2 Å². The number of rotatable bonds is 9. The van der Waals surface area contributed by atoms with Crippen LogP contribution in [0.15, 0.2) is 54.6 Å². The van der Waals surface area contributed by atoms with Crippen molar-refractivity contribution in [2.24, 2.45) is 16.7 Å². The van der Waals surface area contributed by atoms with Gasteiger partial charge < -0.3 is 34.5 Å². The molecule has 3 aromatic rings. The van der Waals surface area contributed by atoms with Crippen molar-refractivity contribution in [3.8, 4) is 23.3 Å². The molecule has 4 aliphatic heterocycles. The number of carbonyl (C=O) groups excluding carboxylic acids is 4. The van der Waals surface area contributed by atoms with Crippen molar-refractivity contribution in [1.82, 2.24) is 20.9 Å². The van der Waals surface area contributed by atoms with Gasteiger partial charge in [-0.25, -0.2) is 0 Å². The SMILES string of the molecule is Cc1cc(O[C@H]2C(C)(C)[C@H](NC(=O)c3ccc(N4CCC(CN5CCOCCCCCOc6ccc(C(=O)NC7CCC(=O)NC7=O)cc6O[C@H]6C[C@H]5C6)CC4)cc3)C2(C)C)cc(C)c1C#N. The van der Waals surface area contributed by atoms with Gasteiger partial charge in [-0.2, -0.15) is 5.26 Å². The van der Waals surface area contributed by atoms with Gasteiger partial charge in [-0.05, 0) is 124 Å². The van der Waals surface area contributed by atoms with Gasteiger partial charge in [0.2, 0.25) is 11.8 Å². The summed E-state index contributed by atoms with van der Waals surface area (Å²) in [6, 6.07) is 18.8. The van der Waals surface area contributed by atoms with Crippen molar-refractivity contribution in [3.05, 3.63) is 82.4 Å². The number of benzene rings is 3. The Bertz CT molecular complexity index is 2310. The molecular formula is C53H68N6O8. The molecule has 14 nitrogen and oxygen atoms in total. The molecule has 2 aliphatic carbocycles. The maximum absolute atomic E-state index is 13.7. The summed E-state index contributed by atoms with van der Waals surface area (Å²) in [6.07, 6.45) is 6.92. The second-order valence-corrected chi connectivity index (χ2v) is 20.6. The molecule has 4 fully saturated rings. The van der Waals surface area contributed by atoms with E-state index in [9.17, 15) is 24.4 Å². The highest BCUT2D eigenvalue weighted by Crippen LogP contribution is 2.55. The number of nitrogens with zero attached hydrogens (tertiary/aromatic N) is 3. The number of aryl methyl sites for hydroxylation is 2. The number of amides is 4. The summed E-state index contributed by atoms with van der Waals surface area (Å²) in [7, 11) is 0. The molecule has 9 rings (SSSR count). The number of fused-ring (bicyclic) bond motifs is 9. The Morgan fingerprint density at radius 3 is 2.18 bits per heavy atom. The summed E-state index contributed by atoms with van der Waals surface area (Å²) in [5.41, 5.74) is 3.96. The lowest BCUT2D eigenvalue weighted by Gasteiger charge is -2.63. The first-order valence-electron chi connectivity index (χ1n) is 24.3. The van der Waals surface area contributed by atoms with Crippen molar-refractivity contribution in [2.75, 3.05) is 50.9 Å². The van der Waals surface area contributed by atoms with Crippen molar-refractivity contribution in [3.63, 3.8) is 0 Å². The van der Waals surface area contributed by atoms with E-state index in [4.69, 9.17) is 18.9 Å². The number of carbonyl (C=O) groups is 4. The van der Waals surface area contributed by atoms with Gasteiger partial charge in [-0.3, -0.25) is 29.4 Å². The van der Waals surface area contributed by atoms with E-state index in [-0.39, 0.29) is 53.7 Å². The molecule has 3 aromatic carbocycles. The smallest absolute Gasteiger partial charge is 0.252 e. The molecule has 2 saturated heterocycles. The van der Waals surface area contributed by atoms with Gasteiger partial charge in [-0.15, -0.1) is 0 Å². The van der Waals surface area contributed by atoms with Crippen LogP contribution >= 0.6 is 0 Å². The summed E-state index contributed by atoms with van der Waals surface area (Å²) < 4.78 is 25.4. The topological polar surface area (TPSA) is 172 Å². The monoisotopic (exact) mass is 917 g/mol. The van der Waals surface area contributed by atoms with Gasteiger partial charge in [0.05, 0.1) is 24.8 Å². The normalized spacial score (nSPS) is 25.6. The van der Waals surface area contributed by atoms with Crippen LogP contribution in [0, 0.1) is 41.9 Å². The molecule has 358 valence electrons. The number of nitriles is 1. The second-order valence-electron chi connectivity index (χ2n) is 20.6. The molecule has 0 radical (unpaired) electrons. The highest BCUT2D eigenvalue weighted by molar-refractivity contribution is 6.04. The predicted octanol–water partition coefficient (Wildman–Crippen LogP) is 7.03. The fourth-order valence-electron chi connectivity index (χ4n) is 11.3. The molecule has 6 aliphatic rings. The number of ether oxygens (including phenoxy) is 4. The van der Waals surface area contributed by atoms with Crippen LogP contribution in [0.1, 0.15) is 123 Å². The molecule has 14 heteroatoms. The molecule has 3 N–H and O–H groups in total. The lowest BCUT2D eigenvalue weighted by molar-refractivity contribution is -0.164. The van der Waals surface area contributed by atoms with E-state index in [2.05, 4.69) is 71.6 Å². The Morgan fingerprint density at radius 2 is 1.49 bits per heavy atom. The van der Waals surface area contributed by atoms with E-state index in [1.165, 1.54) is 0 Å². The zero-order valence-electron chi connectivity index (χ0n) is 40.1. The highest BCUT2D eigenvalue weighted by Gasteiger charge is 2.64. The van der Waals surface area contributed by atoms with Crippen molar-refractivity contribution < 1.29 is 38.1 Å². The minimum atomic E-state index is -0.766. The van der Waals surface area contributed by atoms with Crippen LogP contribution in [0.2, 0.25) is 0 Å². The summed E-state index contributed by atoms with van der Waals surface area (Å²) in [4.78, 5) is 55.9. The van der Waals surface area contributed by atoms with Gasteiger partial charge >= 0.3 is 0 Å². The first kappa shape index (κ1) is 47.8. The largest absolute Gasteiger partial charge is 0.490 e. The Hall–Kier alpha value is -5.65. The number of hydrogen-bond acceptors (Lipinski definition) is 11. The maximum Gasteiger partial charge on any atom is 0.252 e. The molecule has 1 unspecified atom stereocenters. The molecule has 4 amide bonds. The lowest BCUT2D eigenvalue weighted by Crippen LogP contribution is -2.74. The van der Waals surface area contributed by atoms with E-state index in [1.807, 2.05) is 38.1 Å². The summed E-state index contributed by atoms with van der Waals surface area (Å²) in [5.74, 6) is 1.10. The Kier molecular flexibility index (Phi) is 14.5. The zero-order valence-corrected chi connectivity index (χ0v) is 40.1. The number of nitrogens with one attached hydrogen (secondary N) is 3. The van der Waals surface area contributed by atoms with Gasteiger partial charge in [0.25, 0.3) is 11.8 Å². The third-order valence-corrected chi connectivity index (χ3v) is 14.9. The van der Waals surface area contributed by atoms with Gasteiger partial charge in [0, 0.05) is 91.8 Å². The molecule has 0 aromatic heterocycles. The Labute approximate surface area is 395 Å². The summed E-state index contributed by atoms with van der Waals surface area (Å²) in [6.45, 7) is 18.1. The molecule has 2 saturated carbocycles. The fourth-order valence-corrected chi connectivity index (χ4v) is 11.3. The Balaban J connectivity index is 0.833. The van der Waals surface area contributed by atoms with Crippen LogP contribution in [-0.2, 0) is 14.3 Å². The second kappa shape index (κ2) is 20.3. The molecule has 67 heavy (non-hydrogen) atoms. The van der Waals surface area contributed by atoms with Crippen molar-refractivity contribution in [1.29, 1.82) is 5.26 Å². The summed E-state index contributed by atoms with van der Waals surface area (Å²) in [5, 5.41) is 17.9. The molecule has 0 spiro atoms. The van der Waals surface area contributed by atoms with Crippen LogP contribution in [0.4, 0.5) is 5.69 Å². The average molecular weight is 917 g/mol. The van der Waals surface area contributed by atoms with Gasteiger partial charge in [0.15, 0.2) is 11.5 Å². The highest BCUT2D eigenvalue weighted by atomic mass is 16.5. The van der Waals surface area contributed by atoms with Crippen molar-refractivity contribution in [2.45, 2.75) is 130 Å². The molecular weight excluding hydrogens is 849 g/mol. The number of piperidine rings is 2. The molecule has 4 heterocycles. The molecule has 2 bridgehead atoms. The quantitative estimate of drug-likeness (QED) is 0.188. The standard InChI is InChI=1S/C53H68N6O8/c1-33-26-40(27-34(2)42(33)31-54)67-51-52(3,4)50(53(51,5)6)57-47(61)36-10-13-38(14-11-36)58-20-18-35(19-21-58)32-59-22-25-64-23-8-7-9-24-65-44-16-12-37(28-45(44)66-41-29-39(59)30-41)48(62)55-43-15-17-46(60)56-49(43)63/h10-14,16,26-28,35,39,41,43,50-51H,7-9,15,17-25,29-30,32H2,1-6H3,(H,55,62)(H,57,61)(H,56,60,63)/t39-,41-,43?,50-,51-. The average Bonchev–Trinajstić information content (AvgIpc) is 3.28. The van der Waals surface area contributed by atoms with E-state index < -0.39 is 17.9 Å². The maximum atomic E-state index is 13.7. The molecule has 1 atom stereocenters. The van der Waals surface area contributed by atoms with Gasteiger partial charge in [-0.1, -0.05) is 27.7 Å². The van der Waals surface area contributed by atoms with E-state index in [0.717, 1.165) is 100 Å². The Morgan fingerprint density at radius 1 is 0.821 bits per heavy atom. The predicted molar refractivity (Wildman–Crippen MR) is 254 cm³/mol. The van der Waals surface area contributed by atoms with Crippen LogP contribution in [-0.4, -0.2) is 105 Å². The van der Waals surface area contributed by atoms with Crippen LogP contribution in [0.5, 0.6) is 17.2 Å². The fraction of sp³-hybridized carbons (Fsp3) is 0.566. The third-order valence-electron chi connectivity index (χ3n) is 14.9. The van der Waals surface area contributed by atoms with Crippen LogP contribution in [0.25, 0.3) is 0 Å².